The van der Waals surface area contributed by atoms with Gasteiger partial charge in [0.05, 0.1) is 29.1 Å². The van der Waals surface area contributed by atoms with E-state index in [1.807, 2.05) is 0 Å². The Morgan fingerprint density at radius 3 is 1.64 bits per heavy atom. The number of hydrogen-bond acceptors (Lipinski definition) is 19. The first-order valence-corrected chi connectivity index (χ1v) is 26.3. The molecule has 42 heavy (non-hydrogen) atoms. The van der Waals surface area contributed by atoms with Gasteiger partial charge in [-0.15, -0.1) is 94.1 Å². The number of carbonyl (C=O) groups excluding carboxylic acids is 3. The van der Waals surface area contributed by atoms with E-state index in [-0.39, 0.29) is 28.9 Å². The van der Waals surface area contributed by atoms with Gasteiger partial charge in [-0.1, -0.05) is 11.8 Å². The first-order chi connectivity index (χ1) is 20.5. The van der Waals surface area contributed by atoms with Gasteiger partial charge < -0.3 is 24.2 Å². The third-order valence-corrected chi connectivity index (χ3v) is 17.5. The van der Waals surface area contributed by atoms with E-state index in [0.29, 0.717) is 50.1 Å². The zero-order valence-electron chi connectivity index (χ0n) is 23.2. The molecule has 0 saturated heterocycles. The van der Waals surface area contributed by atoms with Crippen LogP contribution in [0.4, 0.5) is 0 Å². The van der Waals surface area contributed by atoms with Gasteiger partial charge in [-0.05, 0) is 11.2 Å². The molecule has 0 heterocycles. The van der Waals surface area contributed by atoms with Crippen molar-refractivity contribution in [1.82, 2.24) is 0 Å². The fourth-order valence-electron chi connectivity index (χ4n) is 2.05. The molecule has 0 rings (SSSR count). The molecule has 0 aliphatic rings. The van der Waals surface area contributed by atoms with Crippen molar-refractivity contribution in [2.75, 3.05) is 107 Å². The molecule has 0 aromatic heterocycles. The van der Waals surface area contributed by atoms with E-state index >= 15 is 0 Å². The number of aliphatic hydroxyl groups is 2. The number of esters is 2. The maximum atomic E-state index is 12.1. The molecule has 0 saturated carbocycles. The van der Waals surface area contributed by atoms with E-state index in [1.165, 1.54) is 70.6 Å². The van der Waals surface area contributed by atoms with Crippen molar-refractivity contribution >= 4 is 158 Å². The first-order valence-electron chi connectivity index (χ1n) is 12.3. The van der Waals surface area contributed by atoms with Gasteiger partial charge in [0, 0.05) is 55.5 Å². The lowest BCUT2D eigenvalue weighted by Gasteiger charge is -2.10. The fourth-order valence-corrected chi connectivity index (χ4v) is 13.5. The minimum Gasteiger partial charge on any atom is -0.616 e. The summed E-state index contributed by atoms with van der Waals surface area (Å²) in [7, 11) is 0. The van der Waals surface area contributed by atoms with Crippen molar-refractivity contribution in [3.63, 3.8) is 0 Å². The van der Waals surface area contributed by atoms with Crippen LogP contribution in [-0.4, -0.2) is 139 Å². The minimum absolute atomic E-state index is 0.0681. The molecule has 0 aromatic carbocycles. The monoisotopic (exact) mass is 816 g/mol. The predicted octanol–water partition coefficient (Wildman–Crippen LogP) is 5.06. The quantitative estimate of drug-likeness (QED) is 0.0406. The molecular formula is C22H40O8S12. The van der Waals surface area contributed by atoms with Crippen LogP contribution in [-0.2, 0) is 35.0 Å². The molecule has 2 N–H and O–H groups in total. The number of thioether (sulfide) groups is 11. The van der Waals surface area contributed by atoms with Crippen LogP contribution in [0.25, 0.3) is 0 Å². The summed E-state index contributed by atoms with van der Waals surface area (Å²) in [6.45, 7) is 0. The Morgan fingerprint density at radius 1 is 0.571 bits per heavy atom. The highest BCUT2D eigenvalue weighted by molar-refractivity contribution is 8.25. The molecule has 248 valence electrons. The zero-order valence-corrected chi connectivity index (χ0v) is 33.0. The summed E-state index contributed by atoms with van der Waals surface area (Å²) in [6, 6.07) is 0. The van der Waals surface area contributed by atoms with Crippen molar-refractivity contribution in [2.24, 2.45) is 0 Å². The van der Waals surface area contributed by atoms with Crippen LogP contribution in [0.5, 0.6) is 0 Å². The van der Waals surface area contributed by atoms with Gasteiger partial charge in [-0.25, -0.2) is 0 Å². The van der Waals surface area contributed by atoms with E-state index in [0.717, 1.165) is 45.4 Å². The van der Waals surface area contributed by atoms with E-state index in [2.05, 4.69) is 0 Å². The minimum atomic E-state index is -0.834. The molecular weight excluding hydrogens is 777 g/mol. The highest BCUT2D eigenvalue weighted by atomic mass is 32.3. The molecule has 0 fully saturated rings. The van der Waals surface area contributed by atoms with Crippen LogP contribution in [0.1, 0.15) is 0 Å². The SMILES string of the molecule is O=C(CSCCSCC[S+]([O-])CSCCSCSC(=O)CSCCSCC(=O)OCSCSCO)OCSCSCO. The van der Waals surface area contributed by atoms with Crippen molar-refractivity contribution in [1.29, 1.82) is 0 Å². The van der Waals surface area contributed by atoms with Crippen LogP contribution in [0, 0.1) is 0 Å². The van der Waals surface area contributed by atoms with E-state index < -0.39 is 11.2 Å². The van der Waals surface area contributed by atoms with E-state index in [4.69, 9.17) is 19.7 Å². The third-order valence-electron chi connectivity index (χ3n) is 3.87. The second kappa shape index (κ2) is 36.5. The van der Waals surface area contributed by atoms with Crippen molar-refractivity contribution in [3.05, 3.63) is 0 Å². The molecule has 8 nitrogen and oxygen atoms in total. The highest BCUT2D eigenvalue weighted by Gasteiger charge is 2.08. The van der Waals surface area contributed by atoms with Crippen LogP contribution in [0.15, 0.2) is 0 Å². The van der Waals surface area contributed by atoms with Gasteiger partial charge in [-0.3, -0.25) is 14.4 Å². The maximum absolute atomic E-state index is 12.1. The summed E-state index contributed by atoms with van der Waals surface area (Å²) in [5.74, 6) is 8.18. The van der Waals surface area contributed by atoms with Gasteiger partial charge in [0.15, 0.2) is 10.2 Å². The summed E-state index contributed by atoms with van der Waals surface area (Å²) in [4.78, 5) is 35.2. The van der Waals surface area contributed by atoms with Crippen LogP contribution < -0.4 is 0 Å². The van der Waals surface area contributed by atoms with Crippen LogP contribution >= 0.6 is 129 Å². The first kappa shape index (κ1) is 44.7. The molecule has 0 aromatic rings. The highest BCUT2D eigenvalue weighted by Crippen LogP contribution is 2.19. The molecule has 0 aliphatic heterocycles. The summed E-state index contributed by atoms with van der Waals surface area (Å²) < 4.78 is 22.3. The third kappa shape index (κ3) is 35.5. The smallest absolute Gasteiger partial charge is 0.316 e. The largest absolute Gasteiger partial charge is 0.616 e. The van der Waals surface area contributed by atoms with Gasteiger partial charge in [-0.2, -0.15) is 23.5 Å². The van der Waals surface area contributed by atoms with E-state index in [1.54, 1.807) is 58.8 Å². The Balaban J connectivity index is 3.38. The molecule has 0 amide bonds. The lowest BCUT2D eigenvalue weighted by Crippen LogP contribution is -2.12. The number of hydrogen-bond donors (Lipinski definition) is 2. The Labute approximate surface area is 300 Å². The Morgan fingerprint density at radius 2 is 1.07 bits per heavy atom. The second-order valence-corrected chi connectivity index (χ2v) is 21.7. The summed E-state index contributed by atoms with van der Waals surface area (Å²) in [5, 5.41) is 20.2. The maximum Gasteiger partial charge on any atom is 0.316 e. The Bertz CT molecular complexity index is 657. The lowest BCUT2D eigenvalue weighted by atomic mass is 10.8. The topological polar surface area (TPSA) is 133 Å². The number of rotatable bonds is 32. The lowest BCUT2D eigenvalue weighted by molar-refractivity contribution is -0.139. The number of ether oxygens (including phenoxy) is 2. The fraction of sp³-hybridized carbons (Fsp3) is 0.864. The predicted molar refractivity (Wildman–Crippen MR) is 206 cm³/mol. The average Bonchev–Trinajstić information content (AvgIpc) is 2.97. The van der Waals surface area contributed by atoms with Gasteiger partial charge in [0.2, 0.25) is 0 Å². The van der Waals surface area contributed by atoms with Crippen molar-refractivity contribution in [3.8, 4) is 0 Å². The standard InChI is InChI=1S/C22H40O8S12/c23-12-37-16-39-14-29-20(25)9-32-2-1-31-7-8-42(28)19-36-6-5-35-18-41-22(27)11-34-4-3-33-10-21(26)30-15-40-17-38-13-24/h23-24H,1-19H2. The van der Waals surface area contributed by atoms with Gasteiger partial charge in [0.25, 0.3) is 0 Å². The molecule has 20 heteroatoms. The summed E-state index contributed by atoms with van der Waals surface area (Å²) >= 11 is 16.0. The van der Waals surface area contributed by atoms with Gasteiger partial charge >= 0.3 is 11.9 Å². The summed E-state index contributed by atoms with van der Waals surface area (Å²) in [6.07, 6.45) is 0. The number of carbonyl (C=O) groups is 3. The molecule has 1 atom stereocenters. The van der Waals surface area contributed by atoms with Crippen molar-refractivity contribution in [2.45, 2.75) is 0 Å². The molecule has 0 bridgehead atoms. The Hall–Kier alpha value is 2.69. The van der Waals surface area contributed by atoms with Gasteiger partial charge in [0.1, 0.15) is 17.6 Å². The molecule has 1 unspecified atom stereocenters. The van der Waals surface area contributed by atoms with Crippen molar-refractivity contribution < 1.29 is 38.6 Å². The van der Waals surface area contributed by atoms with Crippen LogP contribution in [0.3, 0.4) is 0 Å². The summed E-state index contributed by atoms with van der Waals surface area (Å²) in [5.41, 5.74) is 0. The molecule has 0 radical (unpaired) electrons. The second-order valence-electron chi connectivity index (χ2n) is 7.06. The van der Waals surface area contributed by atoms with E-state index in [9.17, 15) is 18.9 Å². The molecule has 0 aliphatic carbocycles. The normalized spacial score (nSPS) is 11.9. The average molecular weight is 817 g/mol. The van der Waals surface area contributed by atoms with Crippen LogP contribution in [0.2, 0.25) is 0 Å². The Kier molecular flexibility index (Phi) is 38.9. The zero-order chi connectivity index (χ0) is 30.9. The number of aliphatic hydroxyl groups excluding tert-OH is 2. The molecule has 0 spiro atoms.